The summed E-state index contributed by atoms with van der Waals surface area (Å²) >= 11 is 0. The second-order valence-corrected chi connectivity index (χ2v) is 9.98. The van der Waals surface area contributed by atoms with Crippen LogP contribution in [0.1, 0.15) is 0 Å². The number of aliphatic hydroxyl groups excluding tert-OH is 7. The number of ether oxygens (including phenoxy) is 5. The molecule has 0 radical (unpaired) electrons. The lowest BCUT2D eigenvalue weighted by Gasteiger charge is -2.39. The van der Waals surface area contributed by atoms with Crippen LogP contribution in [0.5, 0.6) is 28.7 Å². The molecular weight excluding hydrogens is 580 g/mol. The van der Waals surface area contributed by atoms with Crippen LogP contribution in [0.3, 0.4) is 0 Å². The molecule has 2 aliphatic heterocycles. The van der Waals surface area contributed by atoms with E-state index in [1.807, 2.05) is 0 Å². The highest BCUT2D eigenvalue weighted by Crippen LogP contribution is 2.40. The van der Waals surface area contributed by atoms with E-state index in [1.165, 1.54) is 25.3 Å². The molecule has 2 saturated heterocycles. The number of phenols is 2. The Morgan fingerprint density at radius 2 is 1.58 bits per heavy atom. The number of hydrogen-bond acceptors (Lipinski definition) is 16. The minimum atomic E-state index is -1.89. The molecule has 3 aromatic rings. The van der Waals surface area contributed by atoms with Crippen LogP contribution in [0, 0.1) is 0 Å². The lowest BCUT2D eigenvalue weighted by molar-refractivity contribution is -0.277. The summed E-state index contributed by atoms with van der Waals surface area (Å²) in [5.41, 5.74) is -1.15. The largest absolute Gasteiger partial charge is 0.508 e. The summed E-state index contributed by atoms with van der Waals surface area (Å²) in [6.45, 7) is -1.08. The van der Waals surface area contributed by atoms with Crippen LogP contribution < -0.4 is 19.6 Å². The van der Waals surface area contributed by atoms with E-state index in [0.717, 1.165) is 12.1 Å². The summed E-state index contributed by atoms with van der Waals surface area (Å²) in [6, 6.07) is 5.98. The van der Waals surface area contributed by atoms with Crippen molar-refractivity contribution < 1.29 is 74.1 Å². The summed E-state index contributed by atoms with van der Waals surface area (Å²) in [6.07, 6.45) is -14.4. The standard InChI is InChI=1S/C27H30O16/c1-38-14-4-9(2-3-13(14)41-26-22(36)18(32)12(31)8-39-26)24-25(20(34)17-11(30)5-10(29)6-15(17)40-24)43-27-23(37)21(35)19(33)16(7-28)42-27/h2-6,12,16,18-19,21-23,26-33,35-37H,7-8H2,1H3. The van der Waals surface area contributed by atoms with Crippen molar-refractivity contribution in [2.45, 2.75) is 55.3 Å². The fraction of sp³-hybridized carbons (Fsp3) is 0.444. The molecule has 43 heavy (non-hydrogen) atoms. The number of methoxy groups -OCH3 is 1. The van der Waals surface area contributed by atoms with E-state index in [2.05, 4.69) is 0 Å². The predicted octanol–water partition coefficient (Wildman–Crippen LogP) is -2.12. The number of aliphatic hydroxyl groups is 7. The minimum Gasteiger partial charge on any atom is -0.508 e. The first-order valence-electron chi connectivity index (χ1n) is 13.0. The molecule has 0 spiro atoms. The molecule has 2 aliphatic rings. The van der Waals surface area contributed by atoms with Gasteiger partial charge in [0.25, 0.3) is 0 Å². The summed E-state index contributed by atoms with van der Waals surface area (Å²) in [5, 5.41) is 90.2. The number of fused-ring (bicyclic) bond motifs is 1. The second kappa shape index (κ2) is 12.1. The second-order valence-electron chi connectivity index (χ2n) is 9.98. The van der Waals surface area contributed by atoms with Gasteiger partial charge in [0.05, 0.1) is 20.3 Å². The third-order valence-corrected chi connectivity index (χ3v) is 7.12. The van der Waals surface area contributed by atoms with Crippen molar-refractivity contribution in [3.63, 3.8) is 0 Å². The molecule has 1 aromatic heterocycles. The molecule has 0 bridgehead atoms. The highest BCUT2D eigenvalue weighted by atomic mass is 16.7. The Labute approximate surface area is 241 Å². The summed E-state index contributed by atoms with van der Waals surface area (Å²) in [4.78, 5) is 13.6. The molecule has 3 heterocycles. The smallest absolute Gasteiger partial charge is 0.239 e. The molecule has 16 nitrogen and oxygen atoms in total. The average molecular weight is 611 g/mol. The van der Waals surface area contributed by atoms with E-state index in [1.54, 1.807) is 0 Å². The van der Waals surface area contributed by atoms with Gasteiger partial charge in [-0.15, -0.1) is 0 Å². The van der Waals surface area contributed by atoms with Crippen LogP contribution >= 0.6 is 0 Å². The molecule has 9 N–H and O–H groups in total. The SMILES string of the molecule is COc1cc(-c2oc3cc(O)cc(O)c3c(=O)c2OC2OC(CO)C(O)C(O)C2O)ccc1OC1OCC(O)C(O)C1O. The van der Waals surface area contributed by atoms with Crippen molar-refractivity contribution in [3.05, 3.63) is 40.6 Å². The Kier molecular flexibility index (Phi) is 8.66. The Morgan fingerprint density at radius 1 is 0.860 bits per heavy atom. The number of phenolic OH excluding ortho intramolecular Hbond substituents is 2. The van der Waals surface area contributed by atoms with Gasteiger partial charge in [0.1, 0.15) is 65.2 Å². The van der Waals surface area contributed by atoms with Gasteiger partial charge in [-0.3, -0.25) is 4.79 Å². The number of benzene rings is 2. The first-order valence-corrected chi connectivity index (χ1v) is 13.0. The van der Waals surface area contributed by atoms with Crippen LogP contribution in [0.15, 0.2) is 39.5 Å². The third-order valence-electron chi connectivity index (χ3n) is 7.12. The molecule has 9 atom stereocenters. The predicted molar refractivity (Wildman–Crippen MR) is 141 cm³/mol. The van der Waals surface area contributed by atoms with Gasteiger partial charge in [0, 0.05) is 17.7 Å². The van der Waals surface area contributed by atoms with Crippen molar-refractivity contribution in [3.8, 4) is 40.1 Å². The zero-order valence-corrected chi connectivity index (χ0v) is 22.4. The first-order chi connectivity index (χ1) is 20.4. The molecule has 2 fully saturated rings. The van der Waals surface area contributed by atoms with Crippen molar-refractivity contribution >= 4 is 11.0 Å². The molecule has 0 aliphatic carbocycles. The molecule has 0 amide bonds. The molecule has 9 unspecified atom stereocenters. The monoisotopic (exact) mass is 610 g/mol. The van der Waals surface area contributed by atoms with E-state index in [0.29, 0.717) is 0 Å². The van der Waals surface area contributed by atoms with Gasteiger partial charge in [-0.25, -0.2) is 0 Å². The van der Waals surface area contributed by atoms with Crippen molar-refractivity contribution in [2.75, 3.05) is 20.3 Å². The fourth-order valence-electron chi connectivity index (χ4n) is 4.76. The summed E-state index contributed by atoms with van der Waals surface area (Å²) < 4.78 is 33.2. The van der Waals surface area contributed by atoms with Crippen LogP contribution in [-0.2, 0) is 9.47 Å². The third kappa shape index (κ3) is 5.67. The zero-order valence-electron chi connectivity index (χ0n) is 22.4. The Balaban J connectivity index is 1.58. The summed E-state index contributed by atoms with van der Waals surface area (Å²) in [7, 11) is 1.28. The minimum absolute atomic E-state index is 0.00807. The number of hydrogen-bond donors (Lipinski definition) is 9. The lowest BCUT2D eigenvalue weighted by atomic mass is 9.99. The van der Waals surface area contributed by atoms with Crippen molar-refractivity contribution in [1.82, 2.24) is 0 Å². The molecule has 2 aromatic carbocycles. The first kappa shape index (κ1) is 30.7. The highest BCUT2D eigenvalue weighted by Gasteiger charge is 2.45. The maximum Gasteiger partial charge on any atom is 0.239 e. The molecular formula is C27H30O16. The van der Waals surface area contributed by atoms with Gasteiger partial charge in [-0.1, -0.05) is 0 Å². The molecule has 16 heteroatoms. The van der Waals surface area contributed by atoms with E-state index in [4.69, 9.17) is 28.1 Å². The van der Waals surface area contributed by atoms with Gasteiger partial charge < -0.3 is 74.1 Å². The molecule has 5 rings (SSSR count). The van der Waals surface area contributed by atoms with Crippen LogP contribution in [0.25, 0.3) is 22.3 Å². The van der Waals surface area contributed by atoms with Crippen LogP contribution in [0.4, 0.5) is 0 Å². The van der Waals surface area contributed by atoms with Crippen molar-refractivity contribution in [2.24, 2.45) is 0 Å². The van der Waals surface area contributed by atoms with E-state index in [-0.39, 0.29) is 35.0 Å². The van der Waals surface area contributed by atoms with E-state index < -0.39 is 90.0 Å². The normalized spacial score (nSPS) is 31.1. The van der Waals surface area contributed by atoms with Gasteiger partial charge in [0.2, 0.25) is 23.8 Å². The summed E-state index contributed by atoms with van der Waals surface area (Å²) in [5.74, 6) is -2.02. The van der Waals surface area contributed by atoms with Gasteiger partial charge in [-0.2, -0.15) is 0 Å². The maximum absolute atomic E-state index is 13.6. The Morgan fingerprint density at radius 3 is 2.28 bits per heavy atom. The topological polar surface area (TPSA) is 258 Å². The van der Waals surface area contributed by atoms with Crippen LogP contribution in [0.2, 0.25) is 0 Å². The van der Waals surface area contributed by atoms with Gasteiger partial charge in [-0.05, 0) is 18.2 Å². The zero-order chi connectivity index (χ0) is 31.2. The lowest BCUT2D eigenvalue weighted by Crippen LogP contribution is -2.60. The number of aromatic hydroxyl groups is 2. The number of rotatable bonds is 7. The van der Waals surface area contributed by atoms with Gasteiger partial charge >= 0.3 is 0 Å². The Hall–Kier alpha value is -3.71. The van der Waals surface area contributed by atoms with E-state index in [9.17, 15) is 50.8 Å². The highest BCUT2D eigenvalue weighted by molar-refractivity contribution is 5.88. The average Bonchev–Trinajstić information content (AvgIpc) is 2.98. The van der Waals surface area contributed by atoms with Gasteiger partial charge in [0.15, 0.2) is 17.3 Å². The van der Waals surface area contributed by atoms with Crippen LogP contribution in [-0.4, -0.2) is 122 Å². The fourth-order valence-corrected chi connectivity index (χ4v) is 4.76. The van der Waals surface area contributed by atoms with E-state index >= 15 is 0 Å². The maximum atomic E-state index is 13.6. The van der Waals surface area contributed by atoms with Crippen molar-refractivity contribution in [1.29, 1.82) is 0 Å². The molecule has 0 saturated carbocycles. The Bertz CT molecular complexity index is 1520. The molecule has 234 valence electrons. The quantitative estimate of drug-likeness (QED) is 0.138.